The maximum absolute atomic E-state index is 12.6. The van der Waals surface area contributed by atoms with E-state index >= 15 is 0 Å². The Labute approximate surface area is 189 Å². The maximum atomic E-state index is 12.6. The van der Waals surface area contributed by atoms with Crippen LogP contribution >= 0.6 is 12.4 Å². The summed E-state index contributed by atoms with van der Waals surface area (Å²) in [5.41, 5.74) is 4.80. The minimum absolute atomic E-state index is 0. The van der Waals surface area contributed by atoms with Crippen LogP contribution in [-0.2, 0) is 11.3 Å². The molecule has 1 amide bonds. The minimum Gasteiger partial charge on any atom is -0.379 e. The van der Waals surface area contributed by atoms with Crippen LogP contribution in [0.4, 0.5) is 0 Å². The van der Waals surface area contributed by atoms with Gasteiger partial charge in [-0.1, -0.05) is 44.0 Å². The van der Waals surface area contributed by atoms with Gasteiger partial charge in [0.1, 0.15) is 5.65 Å². The third-order valence-electron chi connectivity index (χ3n) is 5.64. The maximum Gasteiger partial charge on any atom is 0.253 e. The molecule has 0 spiro atoms. The van der Waals surface area contributed by atoms with Crippen molar-refractivity contribution in [2.45, 2.75) is 32.7 Å². The number of aromatic nitrogens is 2. The zero-order valence-corrected chi connectivity index (χ0v) is 18.8. The Kier molecular flexibility index (Phi) is 8.46. The number of nitrogens with zero attached hydrogens (tertiary/aromatic N) is 2. The normalized spacial score (nSPS) is 14.4. The fraction of sp³-hybridized carbons (Fsp3) is 0.417. The summed E-state index contributed by atoms with van der Waals surface area (Å²) in [5.74, 6) is -0.0443. The second-order valence-electron chi connectivity index (χ2n) is 7.87. The number of rotatable bonds is 8. The number of nitrogens with one attached hydrogen (secondary N) is 2. The van der Waals surface area contributed by atoms with E-state index in [4.69, 9.17) is 4.74 Å². The number of fused-ring (bicyclic) bond motifs is 1. The van der Waals surface area contributed by atoms with Gasteiger partial charge in [0, 0.05) is 49.5 Å². The minimum atomic E-state index is -0.0443. The summed E-state index contributed by atoms with van der Waals surface area (Å²) in [4.78, 5) is 22.7. The predicted molar refractivity (Wildman–Crippen MR) is 127 cm³/mol. The van der Waals surface area contributed by atoms with Gasteiger partial charge in [-0.25, -0.2) is 4.98 Å². The molecule has 6 nitrogen and oxygen atoms in total. The smallest absolute Gasteiger partial charge is 0.253 e. The van der Waals surface area contributed by atoms with E-state index in [2.05, 4.69) is 57.4 Å². The molecule has 1 saturated heterocycles. The first-order chi connectivity index (χ1) is 14.7. The summed E-state index contributed by atoms with van der Waals surface area (Å²) in [6.45, 7) is 7.41. The van der Waals surface area contributed by atoms with Crippen molar-refractivity contribution >= 4 is 29.3 Å². The summed E-state index contributed by atoms with van der Waals surface area (Å²) in [7, 11) is 0. The Morgan fingerprint density at radius 3 is 2.68 bits per heavy atom. The Balaban J connectivity index is 0.00000272. The average Bonchev–Trinajstić information content (AvgIpc) is 3.21. The fourth-order valence-corrected chi connectivity index (χ4v) is 3.84. The van der Waals surface area contributed by atoms with Crippen molar-refractivity contribution in [3.8, 4) is 11.1 Å². The van der Waals surface area contributed by atoms with Crippen molar-refractivity contribution in [3.63, 3.8) is 0 Å². The van der Waals surface area contributed by atoms with E-state index in [-0.39, 0.29) is 18.3 Å². The third-order valence-corrected chi connectivity index (χ3v) is 5.64. The van der Waals surface area contributed by atoms with Crippen molar-refractivity contribution in [1.82, 2.24) is 20.2 Å². The number of halogens is 1. The Morgan fingerprint density at radius 1 is 1.16 bits per heavy atom. The summed E-state index contributed by atoms with van der Waals surface area (Å²) in [5, 5.41) is 3.88. The third kappa shape index (κ3) is 5.85. The number of pyridine rings is 1. The van der Waals surface area contributed by atoms with E-state index in [1.807, 2.05) is 6.20 Å². The number of hydrogen-bond donors (Lipinski definition) is 2. The molecule has 3 heterocycles. The van der Waals surface area contributed by atoms with Gasteiger partial charge in [-0.05, 0) is 23.6 Å². The first-order valence-electron chi connectivity index (χ1n) is 10.9. The fourth-order valence-electron chi connectivity index (χ4n) is 3.84. The molecule has 0 bridgehead atoms. The van der Waals surface area contributed by atoms with Gasteiger partial charge in [0.15, 0.2) is 0 Å². The number of carbonyl (C=O) groups excluding carboxylic acids is 1. The Morgan fingerprint density at radius 2 is 1.94 bits per heavy atom. The lowest BCUT2D eigenvalue weighted by Gasteiger charge is -2.26. The summed E-state index contributed by atoms with van der Waals surface area (Å²) in [6, 6.07) is 10.7. The first kappa shape index (κ1) is 23.3. The molecule has 31 heavy (non-hydrogen) atoms. The lowest BCUT2D eigenvalue weighted by atomic mass is 10.0. The van der Waals surface area contributed by atoms with Crippen LogP contribution in [0.15, 0.2) is 42.7 Å². The van der Waals surface area contributed by atoms with E-state index in [9.17, 15) is 4.79 Å². The van der Waals surface area contributed by atoms with Crippen molar-refractivity contribution < 1.29 is 9.53 Å². The highest BCUT2D eigenvalue weighted by Gasteiger charge is 2.14. The van der Waals surface area contributed by atoms with Gasteiger partial charge in [0.25, 0.3) is 5.91 Å². The molecule has 0 radical (unpaired) electrons. The van der Waals surface area contributed by atoms with Gasteiger partial charge in [-0.2, -0.15) is 0 Å². The van der Waals surface area contributed by atoms with E-state index in [1.54, 1.807) is 6.20 Å². The van der Waals surface area contributed by atoms with Crippen LogP contribution in [0.1, 0.15) is 42.1 Å². The van der Waals surface area contributed by atoms with Gasteiger partial charge < -0.3 is 15.0 Å². The van der Waals surface area contributed by atoms with E-state index < -0.39 is 0 Å². The van der Waals surface area contributed by atoms with E-state index in [1.165, 1.54) is 5.56 Å². The van der Waals surface area contributed by atoms with Gasteiger partial charge in [-0.3, -0.25) is 9.69 Å². The van der Waals surface area contributed by atoms with Crippen LogP contribution in [-0.4, -0.2) is 53.6 Å². The molecule has 7 heteroatoms. The van der Waals surface area contributed by atoms with Crippen molar-refractivity contribution in [2.75, 3.05) is 32.8 Å². The summed E-state index contributed by atoms with van der Waals surface area (Å²) >= 11 is 0. The molecule has 2 N–H and O–H groups in total. The number of benzene rings is 1. The summed E-state index contributed by atoms with van der Waals surface area (Å²) in [6.07, 6.45) is 6.88. The highest BCUT2D eigenvalue weighted by Crippen LogP contribution is 2.25. The topological polar surface area (TPSA) is 70.2 Å². The van der Waals surface area contributed by atoms with Crippen molar-refractivity contribution in [1.29, 1.82) is 0 Å². The molecule has 4 rings (SSSR count). The molecular formula is C24H31ClN4O2. The van der Waals surface area contributed by atoms with Crippen LogP contribution in [0.25, 0.3) is 22.2 Å². The van der Waals surface area contributed by atoms with Crippen LogP contribution in [0.5, 0.6) is 0 Å². The lowest BCUT2D eigenvalue weighted by Crippen LogP contribution is -2.35. The van der Waals surface area contributed by atoms with E-state index in [0.717, 1.165) is 74.3 Å². The molecule has 0 saturated carbocycles. The number of carbonyl (C=O) groups is 1. The lowest BCUT2D eigenvalue weighted by molar-refractivity contribution is 0.0342. The van der Waals surface area contributed by atoms with Gasteiger partial charge in [-0.15, -0.1) is 12.4 Å². The second kappa shape index (κ2) is 11.3. The first-order valence-corrected chi connectivity index (χ1v) is 10.9. The number of H-pyrrole nitrogens is 1. The Hall–Kier alpha value is -2.41. The number of hydrogen-bond acceptors (Lipinski definition) is 4. The number of amides is 1. The largest absolute Gasteiger partial charge is 0.379 e. The summed E-state index contributed by atoms with van der Waals surface area (Å²) < 4.78 is 5.42. The number of unbranched alkanes of at least 4 members (excludes halogenated alkanes) is 2. The van der Waals surface area contributed by atoms with Crippen molar-refractivity contribution in [3.05, 3.63) is 53.9 Å². The van der Waals surface area contributed by atoms with Crippen LogP contribution in [0, 0.1) is 0 Å². The number of aromatic amines is 1. The predicted octanol–water partition coefficient (Wildman–Crippen LogP) is 4.40. The molecular weight excluding hydrogens is 412 g/mol. The molecule has 0 atom stereocenters. The van der Waals surface area contributed by atoms with E-state index in [0.29, 0.717) is 12.1 Å². The molecule has 3 aromatic rings. The molecule has 0 unspecified atom stereocenters. The monoisotopic (exact) mass is 442 g/mol. The van der Waals surface area contributed by atoms with Gasteiger partial charge in [0.2, 0.25) is 0 Å². The molecule has 1 aromatic carbocycles. The molecule has 0 aliphatic carbocycles. The zero-order chi connectivity index (χ0) is 20.8. The molecule has 1 aliphatic heterocycles. The molecule has 1 aliphatic rings. The van der Waals surface area contributed by atoms with Gasteiger partial charge >= 0.3 is 0 Å². The SMILES string of the molecule is CCCCCNC(=O)c1c[nH]c2ncc(-c3ccc(CN4CCOCC4)cc3)cc12.Cl. The average molecular weight is 443 g/mol. The Bertz CT molecular complexity index is 981. The second-order valence-corrected chi connectivity index (χ2v) is 7.87. The van der Waals surface area contributed by atoms with Crippen LogP contribution in [0.2, 0.25) is 0 Å². The van der Waals surface area contributed by atoms with Crippen molar-refractivity contribution in [2.24, 2.45) is 0 Å². The highest BCUT2D eigenvalue weighted by molar-refractivity contribution is 6.06. The number of ether oxygens (including phenoxy) is 1. The highest BCUT2D eigenvalue weighted by atomic mass is 35.5. The molecule has 166 valence electrons. The molecule has 1 fully saturated rings. The van der Waals surface area contributed by atoms with Gasteiger partial charge in [0.05, 0.1) is 18.8 Å². The van der Waals surface area contributed by atoms with Crippen LogP contribution < -0.4 is 5.32 Å². The van der Waals surface area contributed by atoms with Crippen LogP contribution in [0.3, 0.4) is 0 Å². The quantitative estimate of drug-likeness (QED) is 0.507. The number of morpholine rings is 1. The standard InChI is InChI=1S/C24H30N4O2.ClH/c1-2-3-4-9-25-24(29)22-16-27-23-21(22)14-20(15-26-23)19-7-5-18(6-8-19)17-28-10-12-30-13-11-28;/h5-8,14-16H,2-4,9-13,17H2,1H3,(H,25,29)(H,26,27);1H. The zero-order valence-electron chi connectivity index (χ0n) is 18.0. The molecule has 2 aromatic heterocycles.